The topological polar surface area (TPSA) is 46.2 Å². The molecule has 0 spiro atoms. The van der Waals surface area contributed by atoms with Gasteiger partial charge in [-0.3, -0.25) is 0 Å². The van der Waals surface area contributed by atoms with Crippen LogP contribution in [-0.2, 0) is 11.7 Å². The van der Waals surface area contributed by atoms with E-state index in [-0.39, 0.29) is 18.0 Å². The minimum absolute atomic E-state index is 0. The maximum absolute atomic E-state index is 12.4. The fourth-order valence-corrected chi connectivity index (χ4v) is 1.14. The molecule has 0 saturated heterocycles. The van der Waals surface area contributed by atoms with Crippen LogP contribution in [0.5, 0.6) is 0 Å². The maximum atomic E-state index is 12.4. The van der Waals surface area contributed by atoms with Gasteiger partial charge in [-0.1, -0.05) is 12.1 Å². The van der Waals surface area contributed by atoms with Crippen molar-refractivity contribution < 1.29 is 18.3 Å². The quantitative estimate of drug-likeness (QED) is 0.852. The van der Waals surface area contributed by atoms with Crippen LogP contribution in [0, 0.1) is 0 Å². The van der Waals surface area contributed by atoms with Gasteiger partial charge in [0.2, 0.25) is 0 Å². The van der Waals surface area contributed by atoms with Crippen molar-refractivity contribution in [1.29, 1.82) is 0 Å². The molecule has 0 aliphatic rings. The molecule has 0 aromatic heterocycles. The lowest BCUT2D eigenvalue weighted by atomic mass is 9.93. The monoisotopic (exact) mass is 255 g/mol. The summed E-state index contributed by atoms with van der Waals surface area (Å²) in [5, 5.41) is 8.93. The summed E-state index contributed by atoms with van der Waals surface area (Å²) in [4.78, 5) is 0. The zero-order chi connectivity index (χ0) is 11.7. The largest absolute Gasteiger partial charge is 0.416 e. The molecule has 1 aromatic carbocycles. The summed E-state index contributed by atoms with van der Waals surface area (Å²) in [5.74, 6) is 0. The summed E-state index contributed by atoms with van der Waals surface area (Å²) < 4.78 is 37.1. The van der Waals surface area contributed by atoms with Gasteiger partial charge >= 0.3 is 6.18 Å². The molecule has 3 N–H and O–H groups in total. The van der Waals surface area contributed by atoms with Crippen LogP contribution in [0.3, 0.4) is 0 Å². The Morgan fingerprint density at radius 3 is 2.19 bits per heavy atom. The van der Waals surface area contributed by atoms with Crippen LogP contribution in [0.2, 0.25) is 0 Å². The number of halogens is 4. The van der Waals surface area contributed by atoms with Crippen LogP contribution < -0.4 is 5.73 Å². The van der Waals surface area contributed by atoms with Crippen LogP contribution >= 0.6 is 12.4 Å². The van der Waals surface area contributed by atoms with Crippen molar-refractivity contribution in [3.05, 3.63) is 35.4 Å². The summed E-state index contributed by atoms with van der Waals surface area (Å²) in [6, 6.07) is 4.66. The Bertz CT molecular complexity index is 352. The number of aliphatic hydroxyl groups is 1. The number of alkyl halides is 3. The Morgan fingerprint density at radius 2 is 1.75 bits per heavy atom. The van der Waals surface area contributed by atoms with Gasteiger partial charge in [-0.15, -0.1) is 12.4 Å². The third kappa shape index (κ3) is 3.37. The van der Waals surface area contributed by atoms with Crippen LogP contribution in [0.25, 0.3) is 0 Å². The normalized spacial score (nSPS) is 15.1. The van der Waals surface area contributed by atoms with Gasteiger partial charge in [-0.2, -0.15) is 13.2 Å². The van der Waals surface area contributed by atoms with E-state index in [0.29, 0.717) is 0 Å². The first kappa shape index (κ1) is 15.2. The Kier molecular flexibility index (Phi) is 4.79. The lowest BCUT2D eigenvalue weighted by molar-refractivity contribution is -0.137. The predicted octanol–water partition coefficient (Wildman–Crippen LogP) is 2.29. The smallest absolute Gasteiger partial charge is 0.394 e. The van der Waals surface area contributed by atoms with Gasteiger partial charge in [0.15, 0.2) is 0 Å². The lowest BCUT2D eigenvalue weighted by Gasteiger charge is -2.23. The molecule has 1 atom stereocenters. The van der Waals surface area contributed by atoms with Crippen LogP contribution in [0.15, 0.2) is 24.3 Å². The van der Waals surface area contributed by atoms with Crippen molar-refractivity contribution in [2.24, 2.45) is 5.73 Å². The number of hydrogen-bond acceptors (Lipinski definition) is 2. The van der Waals surface area contributed by atoms with E-state index in [1.165, 1.54) is 19.1 Å². The van der Waals surface area contributed by atoms with E-state index in [0.717, 1.165) is 12.1 Å². The molecule has 2 nitrogen and oxygen atoms in total. The SMILES string of the molecule is CC(N)(CO)c1cccc(C(F)(F)F)c1.Cl. The Labute approximate surface area is 97.7 Å². The second-order valence-corrected chi connectivity index (χ2v) is 3.65. The van der Waals surface area contributed by atoms with Crippen molar-refractivity contribution >= 4 is 12.4 Å². The molecular weight excluding hydrogens is 243 g/mol. The molecule has 0 radical (unpaired) electrons. The predicted molar refractivity (Wildman–Crippen MR) is 57.3 cm³/mol. The Balaban J connectivity index is 0.00000225. The standard InChI is InChI=1S/C10H12F3NO.ClH/c1-9(14,6-15)7-3-2-4-8(5-7)10(11,12)13;/h2-5,15H,6,14H2,1H3;1H. The molecule has 0 saturated carbocycles. The first-order valence-corrected chi connectivity index (χ1v) is 4.35. The van der Waals surface area contributed by atoms with Crippen LogP contribution in [0.4, 0.5) is 13.2 Å². The highest BCUT2D eigenvalue weighted by molar-refractivity contribution is 5.85. The fourth-order valence-electron chi connectivity index (χ4n) is 1.14. The molecule has 0 bridgehead atoms. The van der Waals surface area contributed by atoms with Gasteiger partial charge in [-0.25, -0.2) is 0 Å². The van der Waals surface area contributed by atoms with Gasteiger partial charge in [0.1, 0.15) is 0 Å². The van der Waals surface area contributed by atoms with Gasteiger partial charge < -0.3 is 10.8 Å². The van der Waals surface area contributed by atoms with Crippen molar-refractivity contribution in [1.82, 2.24) is 0 Å². The molecule has 1 aromatic rings. The van der Waals surface area contributed by atoms with Gasteiger partial charge in [0.25, 0.3) is 0 Å². The molecule has 6 heteroatoms. The van der Waals surface area contributed by atoms with E-state index in [1.807, 2.05) is 0 Å². The van der Waals surface area contributed by atoms with Crippen molar-refractivity contribution in [2.75, 3.05) is 6.61 Å². The van der Waals surface area contributed by atoms with E-state index < -0.39 is 23.9 Å². The highest BCUT2D eigenvalue weighted by Gasteiger charge is 2.32. The molecule has 1 unspecified atom stereocenters. The average Bonchev–Trinajstić information content (AvgIpc) is 2.17. The van der Waals surface area contributed by atoms with Crippen LogP contribution in [0.1, 0.15) is 18.1 Å². The summed E-state index contributed by atoms with van der Waals surface area (Å²) in [6.07, 6.45) is -4.39. The second-order valence-electron chi connectivity index (χ2n) is 3.65. The van der Waals surface area contributed by atoms with E-state index >= 15 is 0 Å². The Hall–Kier alpha value is -0.780. The first-order chi connectivity index (χ1) is 6.77. The summed E-state index contributed by atoms with van der Waals surface area (Å²) in [6.45, 7) is 1.07. The number of hydrogen-bond donors (Lipinski definition) is 2. The molecule has 0 aliphatic carbocycles. The summed E-state index contributed by atoms with van der Waals surface area (Å²) in [5.41, 5.74) is 3.99. The van der Waals surface area contributed by atoms with Crippen LogP contribution in [-0.4, -0.2) is 11.7 Å². The molecular formula is C10H13ClF3NO. The summed E-state index contributed by atoms with van der Waals surface area (Å²) >= 11 is 0. The highest BCUT2D eigenvalue weighted by atomic mass is 35.5. The first-order valence-electron chi connectivity index (χ1n) is 4.35. The molecule has 0 heterocycles. The van der Waals surface area contributed by atoms with E-state index in [9.17, 15) is 13.2 Å². The number of aliphatic hydroxyl groups excluding tert-OH is 1. The van der Waals surface area contributed by atoms with Crippen molar-refractivity contribution in [3.63, 3.8) is 0 Å². The molecule has 92 valence electrons. The Morgan fingerprint density at radius 1 is 1.25 bits per heavy atom. The molecule has 16 heavy (non-hydrogen) atoms. The highest BCUT2D eigenvalue weighted by Crippen LogP contribution is 2.31. The van der Waals surface area contributed by atoms with E-state index in [4.69, 9.17) is 10.8 Å². The minimum atomic E-state index is -4.39. The molecule has 0 fully saturated rings. The van der Waals surface area contributed by atoms with E-state index in [2.05, 4.69) is 0 Å². The molecule has 0 aliphatic heterocycles. The van der Waals surface area contributed by atoms with Gasteiger partial charge in [-0.05, 0) is 24.6 Å². The zero-order valence-electron chi connectivity index (χ0n) is 8.58. The number of rotatable bonds is 2. The number of benzene rings is 1. The van der Waals surface area contributed by atoms with Crippen molar-refractivity contribution in [2.45, 2.75) is 18.6 Å². The lowest BCUT2D eigenvalue weighted by Crippen LogP contribution is -2.37. The minimum Gasteiger partial charge on any atom is -0.394 e. The maximum Gasteiger partial charge on any atom is 0.416 e. The van der Waals surface area contributed by atoms with Crippen molar-refractivity contribution in [3.8, 4) is 0 Å². The third-order valence-electron chi connectivity index (χ3n) is 2.18. The zero-order valence-corrected chi connectivity index (χ0v) is 9.40. The second kappa shape index (κ2) is 5.03. The fraction of sp³-hybridized carbons (Fsp3) is 0.400. The number of nitrogens with two attached hydrogens (primary N) is 1. The van der Waals surface area contributed by atoms with Gasteiger partial charge in [0, 0.05) is 0 Å². The molecule has 1 rings (SSSR count). The molecule has 0 amide bonds. The summed E-state index contributed by atoms with van der Waals surface area (Å²) in [7, 11) is 0. The third-order valence-corrected chi connectivity index (χ3v) is 2.18. The average molecular weight is 256 g/mol. The van der Waals surface area contributed by atoms with Gasteiger partial charge in [0.05, 0.1) is 17.7 Å². The van der Waals surface area contributed by atoms with E-state index in [1.54, 1.807) is 0 Å².